The lowest BCUT2D eigenvalue weighted by Gasteiger charge is -2.39. The van der Waals surface area contributed by atoms with Gasteiger partial charge in [-0.1, -0.05) is 0 Å². The van der Waals surface area contributed by atoms with Gasteiger partial charge in [-0.05, 0) is 50.7 Å². The van der Waals surface area contributed by atoms with Crippen molar-refractivity contribution in [2.45, 2.75) is 33.1 Å². The number of hydrogen-bond acceptors (Lipinski definition) is 4. The predicted molar refractivity (Wildman–Crippen MR) is 87.4 cm³/mol. The number of nitrogens with one attached hydrogen (secondary N) is 1. The molecule has 1 amide bonds. The van der Waals surface area contributed by atoms with Crippen molar-refractivity contribution in [3.8, 4) is 0 Å². The molecule has 134 valence electrons. The molecule has 0 radical (unpaired) electrons. The summed E-state index contributed by atoms with van der Waals surface area (Å²) in [6.07, 6.45) is 3.22. The van der Waals surface area contributed by atoms with E-state index in [-0.39, 0.29) is 24.2 Å². The number of carbonyl (C=O) groups is 2. The monoisotopic (exact) mass is 336 g/mol. The summed E-state index contributed by atoms with van der Waals surface area (Å²) in [6, 6.07) is 3.38. The van der Waals surface area contributed by atoms with E-state index in [0.717, 1.165) is 26.1 Å². The minimum atomic E-state index is -0.994. The first kappa shape index (κ1) is 18.5. The van der Waals surface area contributed by atoms with Gasteiger partial charge in [0.25, 0.3) is 5.91 Å². The summed E-state index contributed by atoms with van der Waals surface area (Å²) in [5.41, 5.74) is 0. The summed E-state index contributed by atoms with van der Waals surface area (Å²) in [5, 5.41) is 11.1. The van der Waals surface area contributed by atoms with Crippen LogP contribution in [0.3, 0.4) is 0 Å². The molecule has 1 aromatic heterocycles. The number of carboxylic acids is 1. The first-order valence-corrected chi connectivity index (χ1v) is 8.91. The maximum atomic E-state index is 12.5. The molecule has 0 spiro atoms. The lowest BCUT2D eigenvalue weighted by molar-refractivity contribution is -0.897. The molecule has 0 aromatic carbocycles. The molecule has 1 aliphatic rings. The minimum Gasteiger partial charge on any atom is -0.550 e. The molecule has 6 nitrogen and oxygen atoms in total. The van der Waals surface area contributed by atoms with Crippen molar-refractivity contribution in [1.29, 1.82) is 0 Å². The quantitative estimate of drug-likeness (QED) is 0.714. The van der Waals surface area contributed by atoms with Crippen molar-refractivity contribution in [3.05, 3.63) is 24.2 Å². The predicted octanol–water partition coefficient (Wildman–Crippen LogP) is -0.187. The smallest absolute Gasteiger partial charge is 0.289 e. The summed E-state index contributed by atoms with van der Waals surface area (Å²) >= 11 is 0. The van der Waals surface area contributed by atoms with Gasteiger partial charge in [-0.25, -0.2) is 0 Å². The van der Waals surface area contributed by atoms with Gasteiger partial charge in [0.1, 0.15) is 0 Å². The van der Waals surface area contributed by atoms with Gasteiger partial charge in [0.2, 0.25) is 0 Å². The summed E-state index contributed by atoms with van der Waals surface area (Å²) in [7, 11) is 0. The van der Waals surface area contributed by atoms with E-state index in [0.29, 0.717) is 25.3 Å². The highest BCUT2D eigenvalue weighted by Crippen LogP contribution is 2.29. The molecular formula is C18H28N2O4. The zero-order chi connectivity index (χ0) is 17.5. The Kier molecular flexibility index (Phi) is 6.85. The van der Waals surface area contributed by atoms with Gasteiger partial charge >= 0.3 is 0 Å². The summed E-state index contributed by atoms with van der Waals surface area (Å²) < 4.78 is 5.21. The van der Waals surface area contributed by atoms with Crippen LogP contribution in [0.5, 0.6) is 0 Å². The Morgan fingerprint density at radius 3 is 2.67 bits per heavy atom. The Labute approximate surface area is 143 Å². The van der Waals surface area contributed by atoms with Gasteiger partial charge in [0.05, 0.1) is 25.9 Å². The molecule has 0 bridgehead atoms. The van der Waals surface area contributed by atoms with Crippen LogP contribution in [0.1, 0.15) is 43.7 Å². The molecule has 1 aromatic rings. The highest BCUT2D eigenvalue weighted by atomic mass is 16.4. The van der Waals surface area contributed by atoms with Crippen molar-refractivity contribution in [2.24, 2.45) is 11.8 Å². The van der Waals surface area contributed by atoms with Crippen molar-refractivity contribution in [2.75, 3.05) is 32.7 Å². The number of likely N-dealkylation sites (tertiary alicyclic amines) is 1. The van der Waals surface area contributed by atoms with Crippen molar-refractivity contribution < 1.29 is 24.0 Å². The second-order valence-corrected chi connectivity index (χ2v) is 6.61. The van der Waals surface area contributed by atoms with Crippen LogP contribution in [0.25, 0.3) is 0 Å². The fourth-order valence-corrected chi connectivity index (χ4v) is 3.62. The highest BCUT2D eigenvalue weighted by Gasteiger charge is 2.33. The molecule has 1 N–H and O–H groups in total. The van der Waals surface area contributed by atoms with E-state index in [9.17, 15) is 14.7 Å². The number of quaternary nitrogens is 1. The second-order valence-electron chi connectivity index (χ2n) is 6.61. The highest BCUT2D eigenvalue weighted by molar-refractivity contribution is 5.91. The Hall–Kier alpha value is -1.82. The molecule has 1 saturated heterocycles. The van der Waals surface area contributed by atoms with Crippen LogP contribution < -0.4 is 10.0 Å². The topological polar surface area (TPSA) is 78.0 Å². The normalized spacial score (nSPS) is 21.2. The molecule has 2 heterocycles. The molecule has 0 aliphatic carbocycles. The number of piperidine rings is 1. The van der Waals surface area contributed by atoms with E-state index in [1.165, 1.54) is 11.2 Å². The van der Waals surface area contributed by atoms with Crippen LogP contribution in [0.4, 0.5) is 0 Å². The van der Waals surface area contributed by atoms with E-state index in [1.54, 1.807) is 17.0 Å². The van der Waals surface area contributed by atoms with Crippen LogP contribution >= 0.6 is 0 Å². The Bertz CT molecular complexity index is 525. The molecular weight excluding hydrogens is 308 g/mol. The average Bonchev–Trinajstić information content (AvgIpc) is 3.10. The SMILES string of the molecule is CC[NH+](CC)CC[C@H]1CN(C(=O)c2ccco2)CC[C@H]1CC(=O)[O-]. The van der Waals surface area contributed by atoms with Gasteiger partial charge in [-0.3, -0.25) is 4.79 Å². The molecule has 0 saturated carbocycles. The van der Waals surface area contributed by atoms with Crippen molar-refractivity contribution in [1.82, 2.24) is 4.90 Å². The fraction of sp³-hybridized carbons (Fsp3) is 0.667. The summed E-state index contributed by atoms with van der Waals surface area (Å²) in [6.45, 7) is 8.61. The molecule has 24 heavy (non-hydrogen) atoms. The van der Waals surface area contributed by atoms with Crippen molar-refractivity contribution >= 4 is 11.9 Å². The van der Waals surface area contributed by atoms with Gasteiger partial charge in [-0.2, -0.15) is 0 Å². The number of furan rings is 1. The van der Waals surface area contributed by atoms with E-state index in [4.69, 9.17) is 4.42 Å². The third-order valence-corrected chi connectivity index (χ3v) is 5.21. The maximum Gasteiger partial charge on any atom is 0.289 e. The third-order valence-electron chi connectivity index (χ3n) is 5.21. The lowest BCUT2D eigenvalue weighted by Crippen LogP contribution is -3.11. The summed E-state index contributed by atoms with van der Waals surface area (Å²) in [5.74, 6) is -0.464. The summed E-state index contributed by atoms with van der Waals surface area (Å²) in [4.78, 5) is 26.8. The van der Waals surface area contributed by atoms with Gasteiger partial charge in [0, 0.05) is 25.5 Å². The van der Waals surface area contributed by atoms with E-state index >= 15 is 0 Å². The zero-order valence-corrected chi connectivity index (χ0v) is 14.6. The number of amides is 1. The molecule has 0 unspecified atom stereocenters. The number of carbonyl (C=O) groups excluding carboxylic acids is 2. The van der Waals surface area contributed by atoms with Gasteiger partial charge in [-0.15, -0.1) is 0 Å². The minimum absolute atomic E-state index is 0.0844. The molecule has 2 rings (SSSR count). The van der Waals surface area contributed by atoms with Gasteiger partial charge in [0.15, 0.2) is 5.76 Å². The first-order valence-electron chi connectivity index (χ1n) is 8.91. The van der Waals surface area contributed by atoms with Gasteiger partial charge < -0.3 is 24.1 Å². The largest absolute Gasteiger partial charge is 0.550 e. The number of aliphatic carboxylic acids is 1. The number of nitrogens with zero attached hydrogens (tertiary/aromatic N) is 1. The zero-order valence-electron chi connectivity index (χ0n) is 14.6. The molecule has 1 aliphatic heterocycles. The average molecular weight is 336 g/mol. The Morgan fingerprint density at radius 1 is 1.33 bits per heavy atom. The number of carboxylic acid groups (broad SMARTS) is 1. The Morgan fingerprint density at radius 2 is 2.08 bits per heavy atom. The first-order chi connectivity index (χ1) is 11.5. The van der Waals surface area contributed by atoms with Crippen molar-refractivity contribution in [3.63, 3.8) is 0 Å². The van der Waals surface area contributed by atoms with E-state index in [1.807, 2.05) is 0 Å². The standard InChI is InChI=1S/C18H28N2O4/c1-3-19(4-2)9-7-15-13-20(10-8-14(15)12-17(21)22)18(23)16-6-5-11-24-16/h5-6,11,14-15H,3-4,7-10,12-13H2,1-2H3,(H,21,22)/t14-,15-/m0/s1. The van der Waals surface area contributed by atoms with Crippen LogP contribution in [0, 0.1) is 11.8 Å². The van der Waals surface area contributed by atoms with Crippen LogP contribution in [0.2, 0.25) is 0 Å². The van der Waals surface area contributed by atoms with E-state index in [2.05, 4.69) is 13.8 Å². The number of rotatable bonds is 8. The third kappa shape index (κ3) is 4.84. The fourth-order valence-electron chi connectivity index (χ4n) is 3.62. The van der Waals surface area contributed by atoms with Crippen LogP contribution in [-0.2, 0) is 4.79 Å². The number of hydrogen-bond donors (Lipinski definition) is 1. The molecule has 6 heteroatoms. The Balaban J connectivity index is 2.01. The van der Waals surface area contributed by atoms with Crippen LogP contribution in [-0.4, -0.2) is 49.5 Å². The van der Waals surface area contributed by atoms with Crippen LogP contribution in [0.15, 0.2) is 22.8 Å². The maximum absolute atomic E-state index is 12.5. The molecule has 2 atom stereocenters. The molecule has 1 fully saturated rings. The van der Waals surface area contributed by atoms with E-state index < -0.39 is 5.97 Å². The second kappa shape index (κ2) is 8.87. The lowest BCUT2D eigenvalue weighted by atomic mass is 9.81.